The van der Waals surface area contributed by atoms with Crippen LogP contribution in [0.2, 0.25) is 0 Å². The highest BCUT2D eigenvalue weighted by molar-refractivity contribution is 6.07. The van der Waals surface area contributed by atoms with E-state index >= 15 is 0 Å². The van der Waals surface area contributed by atoms with Crippen LogP contribution in [-0.4, -0.2) is 31.7 Å². The molecule has 1 amide bonds. The third-order valence-electron chi connectivity index (χ3n) is 5.94. The number of anilines is 1. The number of ether oxygens (including phenoxy) is 4. The summed E-state index contributed by atoms with van der Waals surface area (Å²) in [6.45, 7) is 6.38. The second kappa shape index (κ2) is 12.6. The maximum absolute atomic E-state index is 12.9. The molecule has 7 heteroatoms. The molecule has 1 aromatic heterocycles. The molecule has 4 aromatic carbocycles. The maximum Gasteiger partial charge on any atom is 0.259 e. The molecule has 0 aliphatic rings. The highest BCUT2D eigenvalue weighted by atomic mass is 16.5. The molecule has 0 unspecified atom stereocenters. The van der Waals surface area contributed by atoms with E-state index in [-0.39, 0.29) is 5.91 Å². The normalized spacial score (nSPS) is 10.4. The van der Waals surface area contributed by atoms with E-state index in [1.165, 1.54) is 0 Å². The number of rotatable bonds is 8. The Labute approximate surface area is 228 Å². The van der Waals surface area contributed by atoms with E-state index in [0.717, 1.165) is 21.7 Å². The van der Waals surface area contributed by atoms with Crippen molar-refractivity contribution in [3.05, 3.63) is 90.6 Å². The van der Waals surface area contributed by atoms with Crippen molar-refractivity contribution >= 4 is 33.3 Å². The molecule has 0 saturated carbocycles. The monoisotopic (exact) mass is 524 g/mol. The van der Waals surface area contributed by atoms with Crippen LogP contribution >= 0.6 is 0 Å². The number of benzene rings is 4. The lowest BCUT2D eigenvalue weighted by molar-refractivity contribution is 0.102. The van der Waals surface area contributed by atoms with Gasteiger partial charge in [-0.1, -0.05) is 38.1 Å². The van der Waals surface area contributed by atoms with E-state index in [0.29, 0.717) is 46.6 Å². The minimum atomic E-state index is -0.222. The predicted molar refractivity (Wildman–Crippen MR) is 156 cm³/mol. The summed E-state index contributed by atoms with van der Waals surface area (Å²) in [5.74, 6) is 2.88. The summed E-state index contributed by atoms with van der Waals surface area (Å²) in [4.78, 5) is 17.3. The molecule has 200 valence electrons. The molecular formula is C32H32N2O5. The zero-order valence-electron chi connectivity index (χ0n) is 22.8. The van der Waals surface area contributed by atoms with Crippen molar-refractivity contribution in [2.75, 3.05) is 26.1 Å². The number of nitrogens with zero attached hydrogens (tertiary/aromatic N) is 1. The van der Waals surface area contributed by atoms with E-state index in [9.17, 15) is 4.79 Å². The number of carbonyl (C=O) groups excluding carboxylic acids is 1. The lowest BCUT2D eigenvalue weighted by Crippen LogP contribution is -2.13. The van der Waals surface area contributed by atoms with Gasteiger partial charge in [0.25, 0.3) is 5.91 Å². The first kappa shape index (κ1) is 27.3. The molecule has 5 aromatic rings. The average Bonchev–Trinajstić information content (AvgIpc) is 2.98. The molecule has 0 spiro atoms. The fourth-order valence-corrected chi connectivity index (χ4v) is 4.16. The quantitative estimate of drug-likeness (QED) is 0.222. The molecule has 0 saturated heterocycles. The molecule has 1 N–H and O–H groups in total. The van der Waals surface area contributed by atoms with Crippen LogP contribution in [0, 0.1) is 0 Å². The number of carbonyl (C=O) groups is 1. The number of nitrogens with one attached hydrogen (secondary N) is 1. The Morgan fingerprint density at radius 2 is 1.51 bits per heavy atom. The number of methoxy groups -OCH3 is 2. The van der Waals surface area contributed by atoms with Crippen molar-refractivity contribution in [2.45, 2.75) is 20.8 Å². The lowest BCUT2D eigenvalue weighted by atomic mass is 10.1. The molecule has 5 rings (SSSR count). The van der Waals surface area contributed by atoms with Crippen molar-refractivity contribution < 1.29 is 23.7 Å². The van der Waals surface area contributed by atoms with Gasteiger partial charge in [-0.25, -0.2) is 0 Å². The predicted octanol–water partition coefficient (Wildman–Crippen LogP) is 7.87. The van der Waals surface area contributed by atoms with E-state index in [4.69, 9.17) is 18.9 Å². The Bertz CT molecular complexity index is 1600. The highest BCUT2D eigenvalue weighted by Crippen LogP contribution is 2.37. The molecule has 0 bridgehead atoms. The van der Waals surface area contributed by atoms with Crippen LogP contribution < -0.4 is 24.3 Å². The molecule has 1 heterocycles. The van der Waals surface area contributed by atoms with E-state index in [1.807, 2.05) is 87.5 Å². The third-order valence-corrected chi connectivity index (χ3v) is 5.94. The van der Waals surface area contributed by atoms with Gasteiger partial charge in [-0.05, 0) is 66.2 Å². The van der Waals surface area contributed by atoms with Crippen molar-refractivity contribution in [1.82, 2.24) is 4.98 Å². The van der Waals surface area contributed by atoms with Crippen LogP contribution in [0.15, 0.2) is 85.1 Å². The molecule has 0 radical (unpaired) electrons. The number of fused-ring (bicyclic) bond motifs is 2. The first-order valence-corrected chi connectivity index (χ1v) is 12.8. The van der Waals surface area contributed by atoms with Crippen molar-refractivity contribution in [3.63, 3.8) is 0 Å². The minimum Gasteiger partial charge on any atom is -0.493 e. The second-order valence-electron chi connectivity index (χ2n) is 8.24. The van der Waals surface area contributed by atoms with Crippen LogP contribution in [0.25, 0.3) is 21.7 Å². The number of hydrogen-bond acceptors (Lipinski definition) is 6. The molecule has 0 aliphatic heterocycles. The summed E-state index contributed by atoms with van der Waals surface area (Å²) in [6, 6.07) is 24.3. The Kier molecular flexibility index (Phi) is 8.84. The number of pyridine rings is 1. The first-order chi connectivity index (χ1) is 19.1. The molecule has 0 atom stereocenters. The van der Waals surface area contributed by atoms with Crippen molar-refractivity contribution in [1.29, 1.82) is 0 Å². The largest absolute Gasteiger partial charge is 0.493 e. The topological polar surface area (TPSA) is 78.9 Å². The van der Waals surface area contributed by atoms with Crippen molar-refractivity contribution in [3.8, 4) is 28.7 Å². The molecule has 7 nitrogen and oxygen atoms in total. The summed E-state index contributed by atoms with van der Waals surface area (Å²) >= 11 is 0. The van der Waals surface area contributed by atoms with Gasteiger partial charge < -0.3 is 24.3 Å². The van der Waals surface area contributed by atoms with Gasteiger partial charge in [-0.2, -0.15) is 0 Å². The Morgan fingerprint density at radius 3 is 2.28 bits per heavy atom. The Hall–Kier alpha value is -4.78. The summed E-state index contributed by atoms with van der Waals surface area (Å²) in [7, 11) is 3.19. The van der Waals surface area contributed by atoms with Gasteiger partial charge in [0, 0.05) is 23.3 Å². The van der Waals surface area contributed by atoms with Gasteiger partial charge in [0.2, 0.25) is 0 Å². The minimum absolute atomic E-state index is 0.222. The summed E-state index contributed by atoms with van der Waals surface area (Å²) < 4.78 is 22.7. The van der Waals surface area contributed by atoms with Gasteiger partial charge in [-0.3, -0.25) is 9.78 Å². The van der Waals surface area contributed by atoms with Gasteiger partial charge in [-0.15, -0.1) is 0 Å². The third kappa shape index (κ3) is 6.04. The summed E-state index contributed by atoms with van der Waals surface area (Å²) in [6.07, 6.45) is 1.70. The van der Waals surface area contributed by atoms with Gasteiger partial charge >= 0.3 is 0 Å². The fraction of sp³-hybridized carbons (Fsp3) is 0.188. The van der Waals surface area contributed by atoms with Crippen LogP contribution in [0.4, 0.5) is 5.69 Å². The summed E-state index contributed by atoms with van der Waals surface area (Å²) in [5.41, 5.74) is 1.92. The molecule has 0 aliphatic carbocycles. The van der Waals surface area contributed by atoms with E-state index in [2.05, 4.69) is 10.3 Å². The van der Waals surface area contributed by atoms with Gasteiger partial charge in [0.15, 0.2) is 11.5 Å². The number of amides is 1. The maximum atomic E-state index is 12.9. The Balaban J connectivity index is 0.00000172. The second-order valence-corrected chi connectivity index (χ2v) is 8.24. The van der Waals surface area contributed by atoms with Crippen LogP contribution in [-0.2, 0) is 0 Å². The van der Waals surface area contributed by atoms with Crippen LogP contribution in [0.3, 0.4) is 0 Å². The standard InChI is InChI=1S/C30H26N2O5.C2H6/c1-4-36-26-8-6-5-7-23(26)30(33)32-21-11-9-20-16-22(12-10-19(20)15-21)37-27-13-14-31-25-18-29(35-3)28(34-2)17-24(25)27;1-2/h5-18H,4H2,1-3H3,(H,32,33);1-2H3. The first-order valence-electron chi connectivity index (χ1n) is 12.8. The van der Waals surface area contributed by atoms with Gasteiger partial charge in [0.1, 0.15) is 17.2 Å². The number of hydrogen-bond donors (Lipinski definition) is 1. The van der Waals surface area contributed by atoms with Crippen molar-refractivity contribution in [2.24, 2.45) is 0 Å². The van der Waals surface area contributed by atoms with Gasteiger partial charge in [0.05, 0.1) is 31.9 Å². The van der Waals surface area contributed by atoms with E-state index in [1.54, 1.807) is 32.5 Å². The SMILES string of the molecule is CC.CCOc1ccccc1C(=O)Nc1ccc2cc(Oc3ccnc4cc(OC)c(OC)cc34)ccc2c1. The van der Waals surface area contributed by atoms with E-state index < -0.39 is 0 Å². The average molecular weight is 525 g/mol. The lowest BCUT2D eigenvalue weighted by Gasteiger charge is -2.13. The Morgan fingerprint density at radius 1 is 0.795 bits per heavy atom. The number of aromatic nitrogens is 1. The molecular weight excluding hydrogens is 492 g/mol. The summed E-state index contributed by atoms with van der Waals surface area (Å²) in [5, 5.41) is 5.72. The fourth-order valence-electron chi connectivity index (χ4n) is 4.16. The van der Waals surface area contributed by atoms with Crippen LogP contribution in [0.5, 0.6) is 28.7 Å². The zero-order valence-corrected chi connectivity index (χ0v) is 22.8. The number of para-hydroxylation sites is 1. The van der Waals surface area contributed by atoms with Crippen LogP contribution in [0.1, 0.15) is 31.1 Å². The molecule has 39 heavy (non-hydrogen) atoms. The molecule has 0 fully saturated rings. The highest BCUT2D eigenvalue weighted by Gasteiger charge is 2.14. The smallest absolute Gasteiger partial charge is 0.259 e. The zero-order chi connectivity index (χ0) is 27.8.